The van der Waals surface area contributed by atoms with E-state index in [1.54, 1.807) is 4.90 Å². The van der Waals surface area contributed by atoms with Gasteiger partial charge in [0, 0.05) is 16.6 Å². The van der Waals surface area contributed by atoms with Crippen molar-refractivity contribution in [2.45, 2.75) is 47.2 Å². The lowest BCUT2D eigenvalue weighted by Gasteiger charge is -2.25. The molecule has 30 heavy (non-hydrogen) atoms. The number of aromatic nitrogens is 2. The Hall–Kier alpha value is -2.86. The monoisotopic (exact) mass is 427 g/mol. The molecule has 0 aliphatic carbocycles. The number of hydrogen-bond donors (Lipinski definition) is 0. The van der Waals surface area contributed by atoms with Crippen molar-refractivity contribution in [2.75, 3.05) is 6.61 Å². The minimum atomic E-state index is -0.162. The van der Waals surface area contributed by atoms with Crippen LogP contribution in [0.2, 0.25) is 5.02 Å². The van der Waals surface area contributed by atoms with Gasteiger partial charge >= 0.3 is 0 Å². The molecule has 0 bridgehead atoms. The fourth-order valence-electron chi connectivity index (χ4n) is 3.06. The molecule has 0 unspecified atom stereocenters. The van der Waals surface area contributed by atoms with Crippen molar-refractivity contribution in [1.29, 1.82) is 0 Å². The molecular weight excluding hydrogens is 402 g/mol. The lowest BCUT2D eigenvalue weighted by Crippen LogP contribution is -2.39. The summed E-state index contributed by atoms with van der Waals surface area (Å²) in [6.07, 6.45) is 0. The Morgan fingerprint density at radius 2 is 1.77 bits per heavy atom. The molecule has 6 nitrogen and oxygen atoms in total. The highest BCUT2D eigenvalue weighted by Gasteiger charge is 2.21. The normalized spacial score (nSPS) is 11.0. The van der Waals surface area contributed by atoms with Crippen LogP contribution in [0.15, 0.2) is 40.9 Å². The lowest BCUT2D eigenvalue weighted by atomic mass is 10.1. The Kier molecular flexibility index (Phi) is 6.77. The smallest absolute Gasteiger partial charge is 0.261 e. The maximum Gasteiger partial charge on any atom is 0.261 e. The predicted octanol–water partition coefficient (Wildman–Crippen LogP) is 5.13. The molecule has 0 atom stereocenters. The Morgan fingerprint density at radius 3 is 2.37 bits per heavy atom. The first kappa shape index (κ1) is 21.8. The molecule has 1 aromatic heterocycles. The minimum absolute atomic E-state index is 0.0514. The number of carbonyl (C=O) groups is 1. The number of benzene rings is 2. The van der Waals surface area contributed by atoms with Crippen molar-refractivity contribution >= 4 is 17.5 Å². The Morgan fingerprint density at radius 1 is 1.13 bits per heavy atom. The summed E-state index contributed by atoms with van der Waals surface area (Å²) in [6.45, 7) is 9.84. The summed E-state index contributed by atoms with van der Waals surface area (Å²) in [5.74, 6) is 1.34. The molecule has 0 aliphatic rings. The molecule has 0 fully saturated rings. The molecule has 3 rings (SSSR count). The van der Waals surface area contributed by atoms with E-state index < -0.39 is 0 Å². The molecule has 0 N–H and O–H groups in total. The SMILES string of the molecule is Cc1ccc(-c2noc(CN(C(=O)COc3cc(C)c(Cl)c(C)c3)C(C)C)n2)cc1. The van der Waals surface area contributed by atoms with Gasteiger partial charge in [0.25, 0.3) is 5.91 Å². The number of aryl methyl sites for hydroxylation is 3. The van der Waals surface area contributed by atoms with E-state index in [2.05, 4.69) is 10.1 Å². The van der Waals surface area contributed by atoms with E-state index in [1.165, 1.54) is 0 Å². The van der Waals surface area contributed by atoms with Crippen LogP contribution < -0.4 is 4.74 Å². The van der Waals surface area contributed by atoms with Gasteiger partial charge in [0.1, 0.15) is 12.3 Å². The van der Waals surface area contributed by atoms with Crippen LogP contribution in [0.3, 0.4) is 0 Å². The average molecular weight is 428 g/mol. The molecule has 158 valence electrons. The van der Waals surface area contributed by atoms with Gasteiger partial charge in [-0.1, -0.05) is 46.6 Å². The van der Waals surface area contributed by atoms with Crippen LogP contribution in [-0.2, 0) is 11.3 Å². The van der Waals surface area contributed by atoms with Gasteiger partial charge in [-0.05, 0) is 57.9 Å². The summed E-state index contributed by atoms with van der Waals surface area (Å²) in [5, 5.41) is 4.75. The van der Waals surface area contributed by atoms with Gasteiger partial charge in [0.05, 0.1) is 0 Å². The van der Waals surface area contributed by atoms with Gasteiger partial charge < -0.3 is 14.2 Å². The first-order chi connectivity index (χ1) is 14.2. The maximum absolute atomic E-state index is 12.8. The average Bonchev–Trinajstić information content (AvgIpc) is 3.17. The quantitative estimate of drug-likeness (QED) is 0.522. The first-order valence-corrected chi connectivity index (χ1v) is 10.2. The Labute approximate surface area is 181 Å². The highest BCUT2D eigenvalue weighted by Crippen LogP contribution is 2.26. The molecule has 0 radical (unpaired) electrons. The van der Waals surface area contributed by atoms with Gasteiger partial charge in [-0.15, -0.1) is 0 Å². The number of amides is 1. The third-order valence-electron chi connectivity index (χ3n) is 4.80. The number of halogens is 1. The largest absolute Gasteiger partial charge is 0.484 e. The summed E-state index contributed by atoms with van der Waals surface area (Å²) >= 11 is 6.19. The third kappa shape index (κ3) is 5.19. The molecule has 1 heterocycles. The van der Waals surface area contributed by atoms with Crippen molar-refractivity contribution < 1.29 is 14.1 Å². The van der Waals surface area contributed by atoms with Crippen molar-refractivity contribution in [2.24, 2.45) is 0 Å². The fraction of sp³-hybridized carbons (Fsp3) is 0.348. The summed E-state index contributed by atoms with van der Waals surface area (Å²) in [6, 6.07) is 11.5. The zero-order valence-corrected chi connectivity index (χ0v) is 18.7. The number of nitrogens with zero attached hydrogens (tertiary/aromatic N) is 3. The Balaban J connectivity index is 1.67. The molecule has 3 aromatic rings. The van der Waals surface area contributed by atoms with E-state index in [-0.39, 0.29) is 25.1 Å². The standard InChI is InChI=1S/C23H26ClN3O3/c1-14(2)27(21(28)13-29-19-10-16(4)22(24)17(5)11-19)12-20-25-23(26-30-20)18-8-6-15(3)7-9-18/h6-11,14H,12-13H2,1-5H3. The summed E-state index contributed by atoms with van der Waals surface area (Å²) < 4.78 is 11.1. The zero-order chi connectivity index (χ0) is 21.8. The van der Waals surface area contributed by atoms with Crippen molar-refractivity contribution in [3.63, 3.8) is 0 Å². The molecule has 0 saturated heterocycles. The van der Waals surface area contributed by atoms with E-state index in [4.69, 9.17) is 20.9 Å². The number of hydrogen-bond acceptors (Lipinski definition) is 5. The summed E-state index contributed by atoms with van der Waals surface area (Å²) in [4.78, 5) is 18.9. The highest BCUT2D eigenvalue weighted by molar-refractivity contribution is 6.32. The van der Waals surface area contributed by atoms with Crippen LogP contribution in [-0.4, -0.2) is 33.6 Å². The van der Waals surface area contributed by atoms with Gasteiger partial charge in [-0.2, -0.15) is 4.98 Å². The number of carbonyl (C=O) groups excluding carboxylic acids is 1. The number of ether oxygens (including phenoxy) is 1. The molecule has 0 aliphatic heterocycles. The van der Waals surface area contributed by atoms with Gasteiger partial charge in [-0.25, -0.2) is 0 Å². The fourth-order valence-corrected chi connectivity index (χ4v) is 3.17. The minimum Gasteiger partial charge on any atom is -0.484 e. The van der Waals surface area contributed by atoms with E-state index in [0.717, 1.165) is 22.3 Å². The van der Waals surface area contributed by atoms with E-state index in [1.807, 2.05) is 71.0 Å². The van der Waals surface area contributed by atoms with E-state index >= 15 is 0 Å². The number of rotatable bonds is 7. The maximum atomic E-state index is 12.8. The van der Waals surface area contributed by atoms with Crippen molar-refractivity contribution in [3.8, 4) is 17.1 Å². The second-order valence-electron chi connectivity index (χ2n) is 7.65. The van der Waals surface area contributed by atoms with Crippen LogP contribution in [0.5, 0.6) is 5.75 Å². The molecule has 7 heteroatoms. The molecule has 2 aromatic carbocycles. The third-order valence-corrected chi connectivity index (χ3v) is 5.40. The van der Waals surface area contributed by atoms with Crippen LogP contribution in [0, 0.1) is 20.8 Å². The van der Waals surface area contributed by atoms with Crippen LogP contribution in [0.25, 0.3) is 11.4 Å². The van der Waals surface area contributed by atoms with Gasteiger partial charge in [0.2, 0.25) is 11.7 Å². The highest BCUT2D eigenvalue weighted by atomic mass is 35.5. The summed E-state index contributed by atoms with van der Waals surface area (Å²) in [5.41, 5.74) is 3.85. The lowest BCUT2D eigenvalue weighted by molar-refractivity contribution is -0.136. The van der Waals surface area contributed by atoms with Crippen LogP contribution in [0.1, 0.15) is 36.4 Å². The topological polar surface area (TPSA) is 68.5 Å². The van der Waals surface area contributed by atoms with E-state index in [9.17, 15) is 4.79 Å². The first-order valence-electron chi connectivity index (χ1n) is 9.83. The molecule has 0 spiro atoms. The zero-order valence-electron chi connectivity index (χ0n) is 17.9. The van der Waals surface area contributed by atoms with Gasteiger partial charge in [-0.3, -0.25) is 4.79 Å². The predicted molar refractivity (Wildman–Crippen MR) is 117 cm³/mol. The second kappa shape index (κ2) is 9.30. The van der Waals surface area contributed by atoms with Crippen LogP contribution >= 0.6 is 11.6 Å². The molecular formula is C23H26ClN3O3. The van der Waals surface area contributed by atoms with Gasteiger partial charge in [0.15, 0.2) is 6.61 Å². The summed E-state index contributed by atoms with van der Waals surface area (Å²) in [7, 11) is 0. The molecule has 1 amide bonds. The second-order valence-corrected chi connectivity index (χ2v) is 8.03. The Bertz CT molecular complexity index is 1010. The molecule has 0 saturated carbocycles. The van der Waals surface area contributed by atoms with Crippen molar-refractivity contribution in [1.82, 2.24) is 15.0 Å². The van der Waals surface area contributed by atoms with E-state index in [0.29, 0.717) is 22.5 Å². The van der Waals surface area contributed by atoms with Crippen LogP contribution in [0.4, 0.5) is 0 Å². The van der Waals surface area contributed by atoms with Crippen molar-refractivity contribution in [3.05, 3.63) is 64.0 Å².